The van der Waals surface area contributed by atoms with Crippen LogP contribution in [-0.2, 0) is 26.2 Å². The van der Waals surface area contributed by atoms with Gasteiger partial charge in [0.1, 0.15) is 11.0 Å². The summed E-state index contributed by atoms with van der Waals surface area (Å²) < 4.78 is 31.3. The van der Waals surface area contributed by atoms with Gasteiger partial charge in [-0.2, -0.15) is 0 Å². The van der Waals surface area contributed by atoms with Crippen LogP contribution in [0.15, 0.2) is 59.8 Å². The molecule has 0 aliphatic rings. The van der Waals surface area contributed by atoms with E-state index in [4.69, 9.17) is 4.74 Å². The van der Waals surface area contributed by atoms with Crippen LogP contribution in [0.1, 0.15) is 12.5 Å². The molecule has 0 spiro atoms. The Morgan fingerprint density at radius 3 is 2.59 bits per heavy atom. The molecule has 0 aliphatic heterocycles. The van der Waals surface area contributed by atoms with Gasteiger partial charge in [0.05, 0.1) is 6.61 Å². The van der Waals surface area contributed by atoms with Crippen LogP contribution < -0.4 is 4.72 Å². The minimum absolute atomic E-state index is 0.0707. The van der Waals surface area contributed by atoms with E-state index in [-0.39, 0.29) is 11.5 Å². The van der Waals surface area contributed by atoms with Crippen LogP contribution in [0, 0.1) is 0 Å². The van der Waals surface area contributed by atoms with Gasteiger partial charge in [-0.15, -0.1) is 0 Å². The van der Waals surface area contributed by atoms with Gasteiger partial charge in [-0.3, -0.25) is 9.78 Å². The van der Waals surface area contributed by atoms with E-state index in [2.05, 4.69) is 4.98 Å². The number of carbonyl (C=O) groups is 1. The largest absolute Gasteiger partial charge is 0.364 e. The number of ether oxygens (including phenoxy) is 1. The normalized spacial score (nSPS) is 12.6. The van der Waals surface area contributed by atoms with Crippen LogP contribution in [0.3, 0.4) is 0 Å². The quantitative estimate of drug-likeness (QED) is 0.871. The second kappa shape index (κ2) is 7.15. The van der Waals surface area contributed by atoms with Crippen LogP contribution in [0.5, 0.6) is 0 Å². The van der Waals surface area contributed by atoms with Crippen LogP contribution in [-0.4, -0.2) is 25.4 Å². The van der Waals surface area contributed by atoms with Gasteiger partial charge in [-0.1, -0.05) is 30.3 Å². The van der Waals surface area contributed by atoms with E-state index in [0.29, 0.717) is 0 Å². The molecule has 1 unspecified atom stereocenters. The standard InChI is InChI=1S/C15H16N2O4S/c1-12(21-11-13-6-3-2-4-7-13)15(18)17-22(19,20)14-8-5-9-16-10-14/h2-10,12H,11H2,1H3,(H,17,18). The summed E-state index contributed by atoms with van der Waals surface area (Å²) >= 11 is 0. The van der Waals surface area contributed by atoms with Crippen molar-refractivity contribution in [3.05, 3.63) is 60.4 Å². The first-order chi connectivity index (χ1) is 10.5. The van der Waals surface area contributed by atoms with E-state index in [1.165, 1.54) is 31.5 Å². The van der Waals surface area contributed by atoms with Crippen molar-refractivity contribution in [2.75, 3.05) is 0 Å². The van der Waals surface area contributed by atoms with Crippen molar-refractivity contribution in [1.82, 2.24) is 9.71 Å². The van der Waals surface area contributed by atoms with E-state index in [1.807, 2.05) is 35.1 Å². The summed E-state index contributed by atoms with van der Waals surface area (Å²) in [6.45, 7) is 1.72. The molecule has 22 heavy (non-hydrogen) atoms. The highest BCUT2D eigenvalue weighted by Crippen LogP contribution is 2.07. The van der Waals surface area contributed by atoms with Gasteiger partial charge in [-0.25, -0.2) is 13.1 Å². The molecule has 0 aliphatic carbocycles. The summed E-state index contributed by atoms with van der Waals surface area (Å²) in [4.78, 5) is 15.6. The van der Waals surface area contributed by atoms with Gasteiger partial charge in [0, 0.05) is 12.4 Å². The Balaban J connectivity index is 1.94. The number of sulfonamides is 1. The highest BCUT2D eigenvalue weighted by Gasteiger charge is 2.22. The predicted octanol–water partition coefficient (Wildman–Crippen LogP) is 1.49. The number of benzene rings is 1. The monoisotopic (exact) mass is 320 g/mol. The highest BCUT2D eigenvalue weighted by atomic mass is 32.2. The number of nitrogens with zero attached hydrogens (tertiary/aromatic N) is 1. The number of rotatable bonds is 6. The summed E-state index contributed by atoms with van der Waals surface area (Å²) in [6.07, 6.45) is 1.73. The first kappa shape index (κ1) is 16.1. The molecular formula is C15H16N2O4S. The van der Waals surface area contributed by atoms with Gasteiger partial charge in [-0.05, 0) is 24.6 Å². The lowest BCUT2D eigenvalue weighted by Crippen LogP contribution is -2.38. The number of pyridine rings is 1. The maximum atomic E-state index is 12.0. The molecule has 7 heteroatoms. The van der Waals surface area contributed by atoms with Gasteiger partial charge in [0.2, 0.25) is 0 Å². The van der Waals surface area contributed by atoms with Crippen LogP contribution >= 0.6 is 0 Å². The maximum absolute atomic E-state index is 12.0. The maximum Gasteiger partial charge on any atom is 0.265 e. The summed E-state index contributed by atoms with van der Waals surface area (Å²) in [6, 6.07) is 12.1. The van der Waals surface area contributed by atoms with E-state index in [0.717, 1.165) is 5.56 Å². The van der Waals surface area contributed by atoms with Crippen molar-refractivity contribution in [2.24, 2.45) is 0 Å². The molecule has 2 rings (SSSR count). The number of carbonyl (C=O) groups excluding carboxylic acids is 1. The predicted molar refractivity (Wildman–Crippen MR) is 80.3 cm³/mol. The van der Waals surface area contributed by atoms with E-state index in [1.54, 1.807) is 0 Å². The molecule has 1 aromatic carbocycles. The molecule has 1 N–H and O–H groups in total. The fourth-order valence-corrected chi connectivity index (χ4v) is 2.66. The smallest absolute Gasteiger partial charge is 0.265 e. The Hall–Kier alpha value is -2.25. The Morgan fingerprint density at radius 2 is 1.95 bits per heavy atom. The Labute approximate surface area is 129 Å². The summed E-state index contributed by atoms with van der Waals surface area (Å²) in [5.74, 6) is -0.722. The molecule has 1 aromatic heterocycles. The average Bonchev–Trinajstić information content (AvgIpc) is 2.54. The number of hydrogen-bond acceptors (Lipinski definition) is 5. The highest BCUT2D eigenvalue weighted by molar-refractivity contribution is 7.90. The number of amides is 1. The van der Waals surface area contributed by atoms with Crippen LogP contribution in [0.25, 0.3) is 0 Å². The summed E-state index contributed by atoms with van der Waals surface area (Å²) in [5, 5.41) is 0. The SMILES string of the molecule is CC(OCc1ccccc1)C(=O)NS(=O)(=O)c1cccnc1. The zero-order valence-corrected chi connectivity index (χ0v) is 12.8. The molecule has 0 fully saturated rings. The fourth-order valence-electron chi connectivity index (χ4n) is 1.65. The molecule has 1 atom stereocenters. The van der Waals surface area contributed by atoms with Crippen molar-refractivity contribution in [1.29, 1.82) is 0 Å². The fraction of sp³-hybridized carbons (Fsp3) is 0.200. The third-order valence-corrected chi connectivity index (χ3v) is 4.22. The number of aromatic nitrogens is 1. The minimum Gasteiger partial charge on any atom is -0.364 e. The molecule has 0 bridgehead atoms. The van der Waals surface area contributed by atoms with Crippen molar-refractivity contribution >= 4 is 15.9 Å². The summed E-state index contributed by atoms with van der Waals surface area (Å²) in [5.41, 5.74) is 0.900. The second-order valence-corrected chi connectivity index (χ2v) is 6.28. The lowest BCUT2D eigenvalue weighted by Gasteiger charge is -2.13. The Morgan fingerprint density at radius 1 is 1.23 bits per heavy atom. The average molecular weight is 320 g/mol. The van der Waals surface area contributed by atoms with Crippen molar-refractivity contribution < 1.29 is 17.9 Å². The second-order valence-electron chi connectivity index (χ2n) is 4.60. The third kappa shape index (κ3) is 4.37. The van der Waals surface area contributed by atoms with Gasteiger partial charge in [0.25, 0.3) is 15.9 Å². The van der Waals surface area contributed by atoms with E-state index >= 15 is 0 Å². The Kier molecular flexibility index (Phi) is 5.24. The van der Waals surface area contributed by atoms with E-state index in [9.17, 15) is 13.2 Å². The van der Waals surface area contributed by atoms with Crippen molar-refractivity contribution in [3.8, 4) is 0 Å². The molecule has 2 aromatic rings. The number of nitrogens with one attached hydrogen (secondary N) is 1. The van der Waals surface area contributed by atoms with Crippen LogP contribution in [0.4, 0.5) is 0 Å². The third-order valence-electron chi connectivity index (χ3n) is 2.89. The first-order valence-electron chi connectivity index (χ1n) is 6.61. The zero-order valence-electron chi connectivity index (χ0n) is 12.0. The van der Waals surface area contributed by atoms with Crippen molar-refractivity contribution in [2.45, 2.75) is 24.5 Å². The minimum atomic E-state index is -3.93. The zero-order chi connectivity index (χ0) is 16.0. The molecule has 6 nitrogen and oxygen atoms in total. The molecule has 1 amide bonds. The first-order valence-corrected chi connectivity index (χ1v) is 8.09. The molecule has 0 radical (unpaired) electrons. The molecule has 0 saturated carbocycles. The van der Waals surface area contributed by atoms with Gasteiger partial charge < -0.3 is 4.74 Å². The molecule has 0 saturated heterocycles. The molecule has 116 valence electrons. The lowest BCUT2D eigenvalue weighted by atomic mass is 10.2. The Bertz CT molecular complexity index is 718. The van der Waals surface area contributed by atoms with Gasteiger partial charge in [0.15, 0.2) is 0 Å². The van der Waals surface area contributed by atoms with Crippen molar-refractivity contribution in [3.63, 3.8) is 0 Å². The lowest BCUT2D eigenvalue weighted by molar-refractivity contribution is -0.130. The number of hydrogen-bond donors (Lipinski definition) is 1. The molecule has 1 heterocycles. The molecular weight excluding hydrogens is 304 g/mol. The van der Waals surface area contributed by atoms with Crippen LogP contribution in [0.2, 0.25) is 0 Å². The van der Waals surface area contributed by atoms with E-state index < -0.39 is 22.0 Å². The topological polar surface area (TPSA) is 85.4 Å². The summed E-state index contributed by atoms with van der Waals surface area (Å²) in [7, 11) is -3.93. The van der Waals surface area contributed by atoms with Gasteiger partial charge >= 0.3 is 0 Å².